The van der Waals surface area contributed by atoms with Gasteiger partial charge in [-0.25, -0.2) is 4.99 Å². The molecule has 0 spiro atoms. The topological polar surface area (TPSA) is 41.8 Å². The van der Waals surface area contributed by atoms with Gasteiger partial charge in [-0.05, 0) is 19.1 Å². The van der Waals surface area contributed by atoms with Gasteiger partial charge < -0.3 is 0 Å². The zero-order chi connectivity index (χ0) is 9.26. The van der Waals surface area contributed by atoms with Crippen molar-refractivity contribution in [3.63, 3.8) is 0 Å². The van der Waals surface area contributed by atoms with Gasteiger partial charge in [-0.2, -0.15) is 0 Å². The van der Waals surface area contributed by atoms with E-state index in [2.05, 4.69) is 9.98 Å². The summed E-state index contributed by atoms with van der Waals surface area (Å²) >= 11 is 0. The minimum atomic E-state index is -0.0822. The van der Waals surface area contributed by atoms with E-state index < -0.39 is 0 Å². The number of nitrogens with zero attached hydrogens (tertiary/aromatic N) is 2. The Labute approximate surface area is 75.8 Å². The molecule has 13 heavy (non-hydrogen) atoms. The summed E-state index contributed by atoms with van der Waals surface area (Å²) < 4.78 is 0. The smallest absolute Gasteiger partial charge is 0.248 e. The summed E-state index contributed by atoms with van der Waals surface area (Å²) in [5, 5.41) is 1.51. The van der Waals surface area contributed by atoms with Crippen molar-refractivity contribution in [3.8, 4) is 0 Å². The van der Waals surface area contributed by atoms with Crippen molar-refractivity contribution in [1.82, 2.24) is 0 Å². The number of hydrogen-bond acceptors (Lipinski definition) is 2. The second-order valence-corrected chi connectivity index (χ2v) is 3.18. The molecule has 3 heteroatoms. The standard InChI is InChI=1S/C10H10N2O/c1-7-6-10(13)12-9-5-3-2-4-8(9)11-7/h2-5,7H,6H2,1H3/t7-/m1/s1. The molecule has 66 valence electrons. The van der Waals surface area contributed by atoms with E-state index in [0.717, 1.165) is 5.36 Å². The molecule has 0 N–H and O–H groups in total. The first-order chi connectivity index (χ1) is 6.25. The van der Waals surface area contributed by atoms with Crippen LogP contribution in [-0.2, 0) is 4.79 Å². The Morgan fingerprint density at radius 3 is 2.77 bits per heavy atom. The Kier molecular flexibility index (Phi) is 1.93. The van der Waals surface area contributed by atoms with Crippen molar-refractivity contribution < 1.29 is 4.79 Å². The van der Waals surface area contributed by atoms with Gasteiger partial charge in [0.1, 0.15) is 0 Å². The quantitative estimate of drug-likeness (QED) is 0.555. The Bertz CT molecular complexity index is 450. The van der Waals surface area contributed by atoms with Crippen LogP contribution >= 0.6 is 0 Å². The fourth-order valence-electron chi connectivity index (χ4n) is 1.38. The second-order valence-electron chi connectivity index (χ2n) is 3.18. The number of rotatable bonds is 0. The summed E-state index contributed by atoms with van der Waals surface area (Å²) in [5.41, 5.74) is 0. The van der Waals surface area contributed by atoms with E-state index >= 15 is 0 Å². The van der Waals surface area contributed by atoms with E-state index in [4.69, 9.17) is 0 Å². The van der Waals surface area contributed by atoms with Crippen LogP contribution in [0.5, 0.6) is 0 Å². The van der Waals surface area contributed by atoms with Gasteiger partial charge in [0.2, 0.25) is 5.91 Å². The molecule has 0 saturated carbocycles. The molecular formula is C10H10N2O. The van der Waals surface area contributed by atoms with E-state index in [1.54, 1.807) is 0 Å². The van der Waals surface area contributed by atoms with E-state index in [-0.39, 0.29) is 11.9 Å². The first kappa shape index (κ1) is 8.10. The Morgan fingerprint density at radius 2 is 2.00 bits per heavy atom. The number of fused-ring (bicyclic) bond motifs is 1. The third-order valence-corrected chi connectivity index (χ3v) is 1.96. The molecule has 1 amide bonds. The molecule has 0 aromatic heterocycles. The number of benzene rings is 1. The summed E-state index contributed by atoms with van der Waals surface area (Å²) in [6, 6.07) is 7.50. The van der Waals surface area contributed by atoms with Crippen molar-refractivity contribution in [1.29, 1.82) is 0 Å². The van der Waals surface area contributed by atoms with Gasteiger partial charge in [0.25, 0.3) is 0 Å². The van der Waals surface area contributed by atoms with Crippen molar-refractivity contribution >= 4 is 5.91 Å². The largest absolute Gasteiger partial charge is 0.280 e. The summed E-state index contributed by atoms with van der Waals surface area (Å²) in [7, 11) is 0. The van der Waals surface area contributed by atoms with Crippen LogP contribution in [0.1, 0.15) is 13.3 Å². The van der Waals surface area contributed by atoms with Gasteiger partial charge in [-0.3, -0.25) is 9.79 Å². The van der Waals surface area contributed by atoms with E-state index in [0.29, 0.717) is 11.8 Å². The summed E-state index contributed by atoms with van der Waals surface area (Å²) in [6.07, 6.45) is 0.411. The molecule has 1 aromatic rings. The third-order valence-electron chi connectivity index (χ3n) is 1.96. The predicted octanol–water partition coefficient (Wildman–Crippen LogP) is 0.245. The average molecular weight is 174 g/mol. The number of carbonyl (C=O) groups is 1. The number of amides is 1. The van der Waals surface area contributed by atoms with Crippen LogP contribution in [0.25, 0.3) is 0 Å². The first-order valence-corrected chi connectivity index (χ1v) is 4.30. The van der Waals surface area contributed by atoms with Crippen LogP contribution in [0, 0.1) is 0 Å². The van der Waals surface area contributed by atoms with Gasteiger partial charge >= 0.3 is 0 Å². The number of hydrogen-bond donors (Lipinski definition) is 0. The summed E-state index contributed by atoms with van der Waals surface area (Å²) in [4.78, 5) is 19.6. The molecule has 0 unspecified atom stereocenters. The first-order valence-electron chi connectivity index (χ1n) is 4.30. The Balaban J connectivity index is 2.75. The zero-order valence-corrected chi connectivity index (χ0v) is 7.40. The number of carbonyl (C=O) groups excluding carboxylic acids is 1. The van der Waals surface area contributed by atoms with Gasteiger partial charge in [0.15, 0.2) is 0 Å². The fourth-order valence-corrected chi connectivity index (χ4v) is 1.38. The van der Waals surface area contributed by atoms with E-state index in [9.17, 15) is 4.79 Å². The molecule has 0 radical (unpaired) electrons. The van der Waals surface area contributed by atoms with Crippen molar-refractivity contribution in [2.24, 2.45) is 9.98 Å². The number of para-hydroxylation sites is 2. The molecule has 1 atom stereocenters. The molecule has 1 aromatic carbocycles. The molecule has 1 heterocycles. The van der Waals surface area contributed by atoms with Crippen molar-refractivity contribution in [2.45, 2.75) is 19.4 Å². The highest BCUT2D eigenvalue weighted by Crippen LogP contribution is 1.98. The average Bonchev–Trinajstić information content (AvgIpc) is 2.20. The predicted molar refractivity (Wildman–Crippen MR) is 47.8 cm³/mol. The highest BCUT2D eigenvalue weighted by atomic mass is 16.1. The lowest BCUT2D eigenvalue weighted by molar-refractivity contribution is -0.118. The van der Waals surface area contributed by atoms with Gasteiger partial charge in [0, 0.05) is 0 Å². The van der Waals surface area contributed by atoms with Gasteiger partial charge in [0.05, 0.1) is 23.2 Å². The normalized spacial score (nSPS) is 21.0. The molecule has 3 nitrogen and oxygen atoms in total. The van der Waals surface area contributed by atoms with Crippen LogP contribution in [0.3, 0.4) is 0 Å². The monoisotopic (exact) mass is 174 g/mol. The molecule has 0 aliphatic carbocycles. The molecular weight excluding hydrogens is 164 g/mol. The van der Waals surface area contributed by atoms with Crippen LogP contribution < -0.4 is 10.7 Å². The third kappa shape index (κ3) is 1.64. The molecule has 0 bridgehead atoms. The van der Waals surface area contributed by atoms with Crippen molar-refractivity contribution in [2.75, 3.05) is 0 Å². The van der Waals surface area contributed by atoms with E-state index in [1.165, 1.54) is 0 Å². The second kappa shape index (κ2) is 3.09. The van der Waals surface area contributed by atoms with Gasteiger partial charge in [-0.15, -0.1) is 0 Å². The minimum Gasteiger partial charge on any atom is -0.280 e. The lowest BCUT2D eigenvalue weighted by Gasteiger charge is -1.97. The van der Waals surface area contributed by atoms with Crippen LogP contribution in [-0.4, -0.2) is 11.9 Å². The van der Waals surface area contributed by atoms with E-state index in [1.807, 2.05) is 31.2 Å². The molecule has 2 rings (SSSR count). The molecule has 0 fully saturated rings. The fraction of sp³-hybridized carbons (Fsp3) is 0.300. The highest BCUT2D eigenvalue weighted by molar-refractivity contribution is 5.77. The maximum atomic E-state index is 11.2. The molecule has 1 aliphatic rings. The maximum Gasteiger partial charge on any atom is 0.248 e. The zero-order valence-electron chi connectivity index (χ0n) is 7.40. The van der Waals surface area contributed by atoms with Crippen LogP contribution in [0.15, 0.2) is 34.3 Å². The Hall–Kier alpha value is -1.51. The lowest BCUT2D eigenvalue weighted by Crippen LogP contribution is -2.24. The highest BCUT2D eigenvalue weighted by Gasteiger charge is 2.09. The summed E-state index contributed by atoms with van der Waals surface area (Å²) in [6.45, 7) is 1.93. The molecule has 0 saturated heterocycles. The minimum absolute atomic E-state index is 0.0416. The molecule has 1 aliphatic heterocycles. The van der Waals surface area contributed by atoms with Crippen LogP contribution in [0.2, 0.25) is 0 Å². The SMILES string of the molecule is C[C@@H]1CC(=O)N=c2ccccc2=N1. The van der Waals surface area contributed by atoms with Crippen LogP contribution in [0.4, 0.5) is 0 Å². The van der Waals surface area contributed by atoms with Gasteiger partial charge in [-0.1, -0.05) is 12.1 Å². The lowest BCUT2D eigenvalue weighted by atomic mass is 10.2. The summed E-state index contributed by atoms with van der Waals surface area (Å²) in [5.74, 6) is -0.0822. The maximum absolute atomic E-state index is 11.2. The van der Waals surface area contributed by atoms with Crippen molar-refractivity contribution in [3.05, 3.63) is 35.0 Å². The Morgan fingerprint density at radius 1 is 1.31 bits per heavy atom.